The topological polar surface area (TPSA) is 26.0 Å². The van der Waals surface area contributed by atoms with Gasteiger partial charge in [0.1, 0.15) is 0 Å². The zero-order valence-electron chi connectivity index (χ0n) is 12.3. The van der Waals surface area contributed by atoms with Gasteiger partial charge in [-0.2, -0.15) is 0 Å². The van der Waals surface area contributed by atoms with Crippen molar-refractivity contribution in [1.29, 1.82) is 0 Å². The summed E-state index contributed by atoms with van der Waals surface area (Å²) in [6, 6.07) is 7.24. The minimum Gasteiger partial charge on any atom is -0.327 e. The first kappa shape index (κ1) is 14.9. The average Bonchev–Trinajstić information content (AvgIpc) is 2.43. The standard InChI is InChI=1S/C17H27NS/c1-3-15(18)12-14-9-10-17(11-13(14)2)19-16-7-5-4-6-8-16/h9-11,15-16H,3-8,12,18H2,1-2H3. The van der Waals surface area contributed by atoms with Crippen molar-refractivity contribution in [2.24, 2.45) is 5.73 Å². The van der Waals surface area contributed by atoms with Crippen molar-refractivity contribution in [2.75, 3.05) is 0 Å². The van der Waals surface area contributed by atoms with Crippen LogP contribution in [-0.4, -0.2) is 11.3 Å². The van der Waals surface area contributed by atoms with Gasteiger partial charge < -0.3 is 5.73 Å². The third kappa shape index (κ3) is 4.54. The summed E-state index contributed by atoms with van der Waals surface area (Å²) < 4.78 is 0. The van der Waals surface area contributed by atoms with E-state index in [0.717, 1.165) is 18.1 Å². The van der Waals surface area contributed by atoms with Crippen LogP contribution in [0.25, 0.3) is 0 Å². The van der Waals surface area contributed by atoms with Crippen molar-refractivity contribution < 1.29 is 0 Å². The Morgan fingerprint density at radius 1 is 1.26 bits per heavy atom. The maximum atomic E-state index is 6.06. The summed E-state index contributed by atoms with van der Waals surface area (Å²) in [7, 11) is 0. The fraction of sp³-hybridized carbons (Fsp3) is 0.647. The van der Waals surface area contributed by atoms with Crippen LogP contribution in [0.1, 0.15) is 56.6 Å². The van der Waals surface area contributed by atoms with E-state index in [1.165, 1.54) is 48.1 Å². The molecular formula is C17H27NS. The Hall–Kier alpha value is -0.470. The number of hydrogen-bond donors (Lipinski definition) is 1. The molecular weight excluding hydrogens is 250 g/mol. The molecule has 0 saturated heterocycles. The Kier molecular flexibility index (Phi) is 5.77. The van der Waals surface area contributed by atoms with Crippen LogP contribution >= 0.6 is 11.8 Å². The third-order valence-electron chi connectivity index (χ3n) is 4.18. The van der Waals surface area contributed by atoms with Crippen LogP contribution in [0.3, 0.4) is 0 Å². The van der Waals surface area contributed by atoms with E-state index in [0.29, 0.717) is 6.04 Å². The van der Waals surface area contributed by atoms with Gasteiger partial charge in [-0.25, -0.2) is 0 Å². The highest BCUT2D eigenvalue weighted by molar-refractivity contribution is 8.00. The molecule has 2 heteroatoms. The van der Waals surface area contributed by atoms with Crippen molar-refractivity contribution in [2.45, 2.75) is 75.0 Å². The van der Waals surface area contributed by atoms with E-state index in [1.807, 2.05) is 0 Å². The summed E-state index contributed by atoms with van der Waals surface area (Å²) in [5.74, 6) is 0. The quantitative estimate of drug-likeness (QED) is 0.844. The van der Waals surface area contributed by atoms with Gasteiger partial charge >= 0.3 is 0 Å². The lowest BCUT2D eigenvalue weighted by atomic mass is 10.0. The monoisotopic (exact) mass is 277 g/mol. The van der Waals surface area contributed by atoms with Crippen molar-refractivity contribution >= 4 is 11.8 Å². The van der Waals surface area contributed by atoms with E-state index in [2.05, 4.69) is 43.8 Å². The molecule has 1 aromatic rings. The largest absolute Gasteiger partial charge is 0.327 e. The lowest BCUT2D eigenvalue weighted by Gasteiger charge is -2.21. The van der Waals surface area contributed by atoms with Crippen molar-refractivity contribution in [1.82, 2.24) is 0 Å². The Morgan fingerprint density at radius 2 is 2.00 bits per heavy atom. The van der Waals surface area contributed by atoms with E-state index >= 15 is 0 Å². The van der Waals surface area contributed by atoms with Gasteiger partial charge in [-0.15, -0.1) is 11.8 Å². The third-order valence-corrected chi connectivity index (χ3v) is 5.51. The highest BCUT2D eigenvalue weighted by Gasteiger charge is 2.15. The van der Waals surface area contributed by atoms with Gasteiger partial charge in [0.25, 0.3) is 0 Å². The fourth-order valence-corrected chi connectivity index (χ4v) is 4.12. The Labute approximate surface area is 122 Å². The van der Waals surface area contributed by atoms with Crippen LogP contribution in [0.2, 0.25) is 0 Å². The minimum atomic E-state index is 0.301. The second-order valence-electron chi connectivity index (χ2n) is 5.84. The molecule has 0 bridgehead atoms. The molecule has 1 nitrogen and oxygen atoms in total. The molecule has 2 N–H and O–H groups in total. The molecule has 0 spiro atoms. The summed E-state index contributed by atoms with van der Waals surface area (Å²) in [6.45, 7) is 4.38. The summed E-state index contributed by atoms with van der Waals surface area (Å²) in [5.41, 5.74) is 8.88. The smallest absolute Gasteiger partial charge is 0.00944 e. The van der Waals surface area contributed by atoms with Crippen LogP contribution < -0.4 is 5.73 Å². The number of benzene rings is 1. The minimum absolute atomic E-state index is 0.301. The molecule has 1 fully saturated rings. The molecule has 0 radical (unpaired) electrons. The van der Waals surface area contributed by atoms with Crippen molar-refractivity contribution in [3.8, 4) is 0 Å². The van der Waals surface area contributed by atoms with E-state index in [9.17, 15) is 0 Å². The van der Waals surface area contributed by atoms with Gasteiger partial charge in [-0.1, -0.05) is 32.3 Å². The van der Waals surface area contributed by atoms with Crippen molar-refractivity contribution in [3.05, 3.63) is 29.3 Å². The molecule has 1 aromatic carbocycles. The molecule has 2 rings (SSSR count). The predicted octanol–water partition coefficient (Wildman–Crippen LogP) is 4.70. The van der Waals surface area contributed by atoms with Crippen LogP contribution in [0.4, 0.5) is 0 Å². The maximum Gasteiger partial charge on any atom is 0.00944 e. The second-order valence-corrected chi connectivity index (χ2v) is 7.21. The zero-order chi connectivity index (χ0) is 13.7. The summed E-state index contributed by atoms with van der Waals surface area (Å²) in [4.78, 5) is 1.44. The summed E-state index contributed by atoms with van der Waals surface area (Å²) >= 11 is 2.08. The fourth-order valence-electron chi connectivity index (χ4n) is 2.77. The zero-order valence-corrected chi connectivity index (χ0v) is 13.1. The SMILES string of the molecule is CCC(N)Cc1ccc(SC2CCCCC2)cc1C. The van der Waals surface area contributed by atoms with E-state index < -0.39 is 0 Å². The second kappa shape index (κ2) is 7.35. The normalized spacial score (nSPS) is 18.5. The Morgan fingerprint density at radius 3 is 2.63 bits per heavy atom. The van der Waals surface area contributed by atoms with E-state index in [-0.39, 0.29) is 0 Å². The Balaban J connectivity index is 1.97. The highest BCUT2D eigenvalue weighted by Crippen LogP contribution is 2.34. The number of nitrogens with two attached hydrogens (primary N) is 1. The summed E-state index contributed by atoms with van der Waals surface area (Å²) in [6.07, 6.45) is 9.12. The van der Waals surface area contributed by atoms with Crippen LogP contribution in [0, 0.1) is 6.92 Å². The molecule has 1 aliphatic rings. The molecule has 106 valence electrons. The molecule has 0 heterocycles. The molecule has 1 atom stereocenters. The van der Waals surface area contributed by atoms with Gasteiger partial charge in [-0.3, -0.25) is 0 Å². The number of hydrogen-bond acceptors (Lipinski definition) is 2. The molecule has 0 amide bonds. The highest BCUT2D eigenvalue weighted by atomic mass is 32.2. The van der Waals surface area contributed by atoms with Gasteiger partial charge in [0.15, 0.2) is 0 Å². The van der Waals surface area contributed by atoms with Crippen LogP contribution in [0.15, 0.2) is 23.1 Å². The lowest BCUT2D eigenvalue weighted by Crippen LogP contribution is -2.21. The van der Waals surface area contributed by atoms with Crippen LogP contribution in [-0.2, 0) is 6.42 Å². The first-order valence-corrected chi connectivity index (χ1v) is 8.58. The number of thioether (sulfide) groups is 1. The molecule has 0 aliphatic heterocycles. The number of aryl methyl sites for hydroxylation is 1. The lowest BCUT2D eigenvalue weighted by molar-refractivity contribution is 0.516. The summed E-state index contributed by atoms with van der Waals surface area (Å²) in [5, 5.41) is 0.844. The molecule has 0 aromatic heterocycles. The molecule has 1 saturated carbocycles. The van der Waals surface area contributed by atoms with Crippen LogP contribution in [0.5, 0.6) is 0 Å². The molecule has 19 heavy (non-hydrogen) atoms. The predicted molar refractivity (Wildman–Crippen MR) is 85.9 cm³/mol. The van der Waals surface area contributed by atoms with Gasteiger partial charge in [0.05, 0.1) is 0 Å². The van der Waals surface area contributed by atoms with Gasteiger partial charge in [-0.05, 0) is 55.9 Å². The average molecular weight is 277 g/mol. The molecule has 1 aliphatic carbocycles. The van der Waals surface area contributed by atoms with Crippen molar-refractivity contribution in [3.63, 3.8) is 0 Å². The van der Waals surface area contributed by atoms with Gasteiger partial charge in [0.2, 0.25) is 0 Å². The Bertz CT molecular complexity index is 396. The van der Waals surface area contributed by atoms with E-state index in [1.54, 1.807) is 0 Å². The number of rotatable bonds is 5. The van der Waals surface area contributed by atoms with E-state index in [4.69, 9.17) is 5.73 Å². The maximum absolute atomic E-state index is 6.06. The first-order chi connectivity index (χ1) is 9.19. The first-order valence-electron chi connectivity index (χ1n) is 7.70. The molecule has 1 unspecified atom stereocenters. The van der Waals surface area contributed by atoms with Gasteiger partial charge in [0, 0.05) is 16.2 Å².